The summed E-state index contributed by atoms with van der Waals surface area (Å²) in [6.45, 7) is 0.795. The summed E-state index contributed by atoms with van der Waals surface area (Å²) in [7, 11) is 1.94. The number of aromatic amines is 1. The second kappa shape index (κ2) is 6.37. The monoisotopic (exact) mass is 277 g/mol. The maximum Gasteiger partial charge on any atom is 0.118 e. The molecule has 0 spiro atoms. The minimum atomic E-state index is 0.137. The highest BCUT2D eigenvalue weighted by molar-refractivity contribution is 5.38. The number of H-pyrrole nitrogens is 1. The Morgan fingerprint density at radius 1 is 0.952 bits per heavy atom. The fourth-order valence-electron chi connectivity index (χ4n) is 2.60. The number of nitrogens with one attached hydrogen (secondary N) is 2. The van der Waals surface area contributed by atoms with E-state index < -0.39 is 0 Å². The molecule has 0 atom stereocenters. The van der Waals surface area contributed by atoms with Crippen LogP contribution >= 0.6 is 0 Å². The molecule has 3 aromatic rings. The van der Waals surface area contributed by atoms with Crippen LogP contribution in [0, 0.1) is 0 Å². The van der Waals surface area contributed by atoms with Gasteiger partial charge in [-0.1, -0.05) is 60.7 Å². The molecular weight excluding hydrogens is 258 g/mol. The molecule has 0 saturated carbocycles. The number of hydrogen-bond acceptors (Lipinski definition) is 2. The highest BCUT2D eigenvalue weighted by Gasteiger charge is 2.19. The average molecular weight is 277 g/mol. The first-order valence-electron chi connectivity index (χ1n) is 7.16. The standard InChI is InChI=1S/C18H19N3/c1-19-12-16-13-20-18(21-16)17(14-8-4-2-5-9-14)15-10-6-3-7-11-15/h2-11,13,17,19H,12H2,1H3,(H,20,21). The maximum atomic E-state index is 4.59. The van der Waals surface area contributed by atoms with Crippen molar-refractivity contribution in [1.82, 2.24) is 15.3 Å². The van der Waals surface area contributed by atoms with Crippen molar-refractivity contribution in [3.63, 3.8) is 0 Å². The molecule has 2 N–H and O–H groups in total. The molecule has 0 aliphatic rings. The zero-order valence-electron chi connectivity index (χ0n) is 12.1. The number of nitrogens with zero attached hydrogens (tertiary/aromatic N) is 1. The molecule has 0 aliphatic carbocycles. The van der Waals surface area contributed by atoms with E-state index in [2.05, 4.69) is 63.8 Å². The van der Waals surface area contributed by atoms with Gasteiger partial charge in [0.2, 0.25) is 0 Å². The van der Waals surface area contributed by atoms with Gasteiger partial charge in [0.25, 0.3) is 0 Å². The molecule has 3 nitrogen and oxygen atoms in total. The van der Waals surface area contributed by atoms with Gasteiger partial charge in [0.05, 0.1) is 5.92 Å². The van der Waals surface area contributed by atoms with Gasteiger partial charge in [-0.05, 0) is 18.2 Å². The van der Waals surface area contributed by atoms with E-state index in [0.717, 1.165) is 18.1 Å². The Kier molecular flexibility index (Phi) is 4.12. The predicted octanol–water partition coefficient (Wildman–Crippen LogP) is 3.31. The molecule has 1 aromatic heterocycles. The number of hydrogen-bond donors (Lipinski definition) is 2. The lowest BCUT2D eigenvalue weighted by Crippen LogP contribution is -2.07. The minimum absolute atomic E-state index is 0.137. The lowest BCUT2D eigenvalue weighted by atomic mass is 9.91. The second-order valence-corrected chi connectivity index (χ2v) is 5.08. The van der Waals surface area contributed by atoms with E-state index in [4.69, 9.17) is 0 Å². The SMILES string of the molecule is CNCc1cnc(C(c2ccccc2)c2ccccc2)[nH]1. The van der Waals surface area contributed by atoms with Crippen molar-refractivity contribution in [3.8, 4) is 0 Å². The van der Waals surface area contributed by atoms with Crippen molar-refractivity contribution in [2.75, 3.05) is 7.05 Å². The van der Waals surface area contributed by atoms with Crippen molar-refractivity contribution in [1.29, 1.82) is 0 Å². The van der Waals surface area contributed by atoms with Gasteiger partial charge in [0, 0.05) is 18.4 Å². The molecule has 0 radical (unpaired) electrons. The van der Waals surface area contributed by atoms with Gasteiger partial charge in [-0.15, -0.1) is 0 Å². The summed E-state index contributed by atoms with van der Waals surface area (Å²) in [5, 5.41) is 3.14. The van der Waals surface area contributed by atoms with E-state index in [1.54, 1.807) is 0 Å². The molecule has 0 saturated heterocycles. The van der Waals surface area contributed by atoms with Gasteiger partial charge in [-0.25, -0.2) is 4.98 Å². The molecule has 0 fully saturated rings. The van der Waals surface area contributed by atoms with Crippen molar-refractivity contribution in [2.45, 2.75) is 12.5 Å². The summed E-state index contributed by atoms with van der Waals surface area (Å²) in [4.78, 5) is 8.03. The van der Waals surface area contributed by atoms with Crippen molar-refractivity contribution >= 4 is 0 Å². The molecule has 2 aromatic carbocycles. The van der Waals surface area contributed by atoms with Crippen LogP contribution < -0.4 is 5.32 Å². The number of benzene rings is 2. The van der Waals surface area contributed by atoms with Crippen LogP contribution in [-0.2, 0) is 6.54 Å². The van der Waals surface area contributed by atoms with Gasteiger partial charge in [0.1, 0.15) is 5.82 Å². The zero-order chi connectivity index (χ0) is 14.5. The summed E-state index contributed by atoms with van der Waals surface area (Å²) in [6.07, 6.45) is 1.91. The molecule has 0 aliphatic heterocycles. The molecule has 21 heavy (non-hydrogen) atoms. The van der Waals surface area contributed by atoms with Gasteiger partial charge >= 0.3 is 0 Å². The predicted molar refractivity (Wildman–Crippen MR) is 85.2 cm³/mol. The first-order valence-corrected chi connectivity index (χ1v) is 7.16. The van der Waals surface area contributed by atoms with Crippen LogP contribution in [0.3, 0.4) is 0 Å². The Morgan fingerprint density at radius 2 is 1.52 bits per heavy atom. The summed E-state index contributed by atoms with van der Waals surface area (Å²) < 4.78 is 0. The van der Waals surface area contributed by atoms with Crippen LogP contribution in [0.4, 0.5) is 0 Å². The number of aromatic nitrogens is 2. The van der Waals surface area contributed by atoms with Crippen molar-refractivity contribution in [3.05, 3.63) is 89.5 Å². The van der Waals surface area contributed by atoms with Gasteiger partial charge in [-0.3, -0.25) is 0 Å². The lowest BCUT2D eigenvalue weighted by Gasteiger charge is -2.15. The van der Waals surface area contributed by atoms with Gasteiger partial charge in [-0.2, -0.15) is 0 Å². The van der Waals surface area contributed by atoms with E-state index in [-0.39, 0.29) is 5.92 Å². The molecule has 0 unspecified atom stereocenters. The quantitative estimate of drug-likeness (QED) is 0.751. The largest absolute Gasteiger partial charge is 0.344 e. The van der Waals surface area contributed by atoms with Gasteiger partial charge in [0.15, 0.2) is 0 Å². The molecular formula is C18H19N3. The topological polar surface area (TPSA) is 40.7 Å². The Bertz CT molecular complexity index is 634. The summed E-state index contributed by atoms with van der Waals surface area (Å²) in [5.41, 5.74) is 3.59. The molecule has 0 bridgehead atoms. The molecule has 106 valence electrons. The Morgan fingerprint density at radius 3 is 2.05 bits per heavy atom. The van der Waals surface area contributed by atoms with Crippen LogP contribution in [0.1, 0.15) is 28.6 Å². The summed E-state index contributed by atoms with van der Waals surface area (Å²) in [6, 6.07) is 21.0. The van der Waals surface area contributed by atoms with Crippen LogP contribution in [0.5, 0.6) is 0 Å². The summed E-state index contributed by atoms with van der Waals surface area (Å²) in [5.74, 6) is 1.12. The number of rotatable bonds is 5. The highest BCUT2D eigenvalue weighted by atomic mass is 15.0. The maximum absolute atomic E-state index is 4.59. The van der Waals surface area contributed by atoms with Crippen molar-refractivity contribution in [2.24, 2.45) is 0 Å². The van der Waals surface area contributed by atoms with E-state index in [0.29, 0.717) is 0 Å². The normalized spacial score (nSPS) is 11.0. The van der Waals surface area contributed by atoms with Crippen LogP contribution in [0.15, 0.2) is 66.9 Å². The lowest BCUT2D eigenvalue weighted by molar-refractivity contribution is 0.787. The van der Waals surface area contributed by atoms with E-state index in [1.165, 1.54) is 11.1 Å². The van der Waals surface area contributed by atoms with Crippen LogP contribution in [-0.4, -0.2) is 17.0 Å². The Labute approximate surface area is 125 Å². The second-order valence-electron chi connectivity index (χ2n) is 5.08. The Hall–Kier alpha value is -2.39. The highest BCUT2D eigenvalue weighted by Crippen LogP contribution is 2.29. The molecule has 1 heterocycles. The zero-order valence-corrected chi connectivity index (χ0v) is 12.1. The van der Waals surface area contributed by atoms with Crippen LogP contribution in [0.2, 0.25) is 0 Å². The van der Waals surface area contributed by atoms with Crippen molar-refractivity contribution < 1.29 is 0 Å². The molecule has 3 heteroatoms. The number of imidazole rings is 1. The minimum Gasteiger partial charge on any atom is -0.344 e. The third kappa shape index (κ3) is 3.03. The molecule has 0 amide bonds. The third-order valence-corrected chi connectivity index (χ3v) is 3.55. The average Bonchev–Trinajstić information content (AvgIpc) is 2.98. The third-order valence-electron chi connectivity index (χ3n) is 3.55. The smallest absolute Gasteiger partial charge is 0.118 e. The fourth-order valence-corrected chi connectivity index (χ4v) is 2.60. The summed E-state index contributed by atoms with van der Waals surface area (Å²) >= 11 is 0. The van der Waals surface area contributed by atoms with E-state index in [9.17, 15) is 0 Å². The van der Waals surface area contributed by atoms with Crippen LogP contribution in [0.25, 0.3) is 0 Å². The van der Waals surface area contributed by atoms with E-state index >= 15 is 0 Å². The Balaban J connectivity index is 2.03. The molecule has 3 rings (SSSR count). The van der Waals surface area contributed by atoms with Gasteiger partial charge < -0.3 is 10.3 Å². The first kappa shape index (κ1) is 13.6. The fraction of sp³-hybridized carbons (Fsp3) is 0.167. The van der Waals surface area contributed by atoms with E-state index in [1.807, 2.05) is 25.4 Å². The first-order chi connectivity index (χ1) is 10.4.